The highest BCUT2D eigenvalue weighted by Gasteiger charge is 2.35. The molecule has 29 heavy (non-hydrogen) atoms. The summed E-state index contributed by atoms with van der Waals surface area (Å²) in [4.78, 5) is 22.3. The van der Waals surface area contributed by atoms with Gasteiger partial charge in [-0.05, 0) is 55.5 Å². The lowest BCUT2D eigenvalue weighted by Gasteiger charge is -2.30. The maximum Gasteiger partial charge on any atom is 0.229 e. The number of hydrogen-bond acceptors (Lipinski definition) is 5. The second-order valence-corrected chi connectivity index (χ2v) is 8.64. The number of anilines is 4. The first-order chi connectivity index (χ1) is 13.8. The highest BCUT2D eigenvalue weighted by molar-refractivity contribution is 6.03. The summed E-state index contributed by atoms with van der Waals surface area (Å²) in [5.41, 5.74) is 5.45. The van der Waals surface area contributed by atoms with Crippen LogP contribution in [0.2, 0.25) is 0 Å². The zero-order valence-electron chi connectivity index (χ0n) is 17.3. The number of ketones is 1. The summed E-state index contributed by atoms with van der Waals surface area (Å²) in [5.74, 6) is 1.15. The predicted molar refractivity (Wildman–Crippen MR) is 117 cm³/mol. The van der Waals surface area contributed by atoms with E-state index in [1.807, 2.05) is 55.5 Å². The third kappa shape index (κ3) is 4.29. The Morgan fingerprint density at radius 2 is 1.62 bits per heavy atom. The molecular weight excluding hydrogens is 360 g/mol. The van der Waals surface area contributed by atoms with Crippen molar-refractivity contribution < 1.29 is 4.79 Å². The maximum absolute atomic E-state index is 12.9. The molecule has 0 atom stereocenters. The monoisotopic (exact) mass is 386 g/mol. The van der Waals surface area contributed by atoms with E-state index in [9.17, 15) is 4.79 Å². The summed E-state index contributed by atoms with van der Waals surface area (Å²) < 4.78 is 0. The fraction of sp³-hybridized carbons (Fsp3) is 0.292. The quantitative estimate of drug-likeness (QED) is 0.599. The Kier molecular flexibility index (Phi) is 4.82. The number of carbonyl (C=O) groups excluding carboxylic acids is 1. The van der Waals surface area contributed by atoms with Gasteiger partial charge in [0.05, 0.1) is 11.3 Å². The van der Waals surface area contributed by atoms with Gasteiger partial charge in [0.15, 0.2) is 5.78 Å². The van der Waals surface area contributed by atoms with Gasteiger partial charge in [-0.2, -0.15) is 4.98 Å². The molecule has 3 aromatic rings. The molecule has 0 radical (unpaired) electrons. The highest BCUT2D eigenvalue weighted by atomic mass is 16.1. The molecule has 148 valence electrons. The van der Waals surface area contributed by atoms with Crippen molar-refractivity contribution in [2.45, 2.75) is 40.5 Å². The van der Waals surface area contributed by atoms with E-state index in [1.54, 1.807) is 0 Å². The number of fused-ring (bicyclic) bond motifs is 1. The minimum Gasteiger partial charge on any atom is -0.339 e. The van der Waals surface area contributed by atoms with E-state index in [0.717, 1.165) is 29.1 Å². The molecule has 4 rings (SSSR count). The summed E-state index contributed by atoms with van der Waals surface area (Å²) in [5, 5.41) is 6.64. The van der Waals surface area contributed by atoms with E-state index >= 15 is 0 Å². The predicted octanol–water partition coefficient (Wildman–Crippen LogP) is 5.74. The zero-order chi connectivity index (χ0) is 20.6. The molecule has 2 N–H and O–H groups in total. The van der Waals surface area contributed by atoms with Crippen LogP contribution in [0.15, 0.2) is 48.5 Å². The van der Waals surface area contributed by atoms with Crippen molar-refractivity contribution >= 4 is 28.9 Å². The average molecular weight is 386 g/mol. The van der Waals surface area contributed by atoms with Crippen LogP contribution in [0, 0.1) is 19.3 Å². The molecule has 5 nitrogen and oxygen atoms in total. The van der Waals surface area contributed by atoms with Gasteiger partial charge in [0.25, 0.3) is 0 Å². The van der Waals surface area contributed by atoms with Crippen molar-refractivity contribution in [1.82, 2.24) is 9.97 Å². The molecule has 1 aliphatic carbocycles. The lowest BCUT2D eigenvalue weighted by molar-refractivity contribution is 0.0911. The summed E-state index contributed by atoms with van der Waals surface area (Å²) in [6.07, 6.45) is 1.23. The first kappa shape index (κ1) is 19.1. The molecule has 0 amide bonds. The molecule has 2 aromatic carbocycles. The van der Waals surface area contributed by atoms with Crippen LogP contribution in [0.5, 0.6) is 0 Å². The molecule has 1 aliphatic rings. The maximum atomic E-state index is 12.9. The first-order valence-electron chi connectivity index (χ1n) is 9.91. The van der Waals surface area contributed by atoms with E-state index in [4.69, 9.17) is 4.98 Å². The number of aryl methyl sites for hydroxylation is 2. The first-order valence-corrected chi connectivity index (χ1v) is 9.91. The number of Topliss-reactive ketones (excluding diaryl/α,β-unsaturated/α-hetero) is 1. The van der Waals surface area contributed by atoms with Gasteiger partial charge in [-0.15, -0.1) is 0 Å². The Hall–Kier alpha value is -3.21. The molecule has 0 bridgehead atoms. The van der Waals surface area contributed by atoms with Gasteiger partial charge in [0, 0.05) is 17.8 Å². The van der Waals surface area contributed by atoms with Crippen LogP contribution < -0.4 is 10.6 Å². The SMILES string of the molecule is Cc1ccc(Nc2nc3c(c(Nc4cccc(C)c4)n2)C(=O)CC(C)(C)C3)cc1. The van der Waals surface area contributed by atoms with Gasteiger partial charge in [-0.1, -0.05) is 43.7 Å². The van der Waals surface area contributed by atoms with Crippen LogP contribution in [0.1, 0.15) is 47.4 Å². The molecule has 1 aromatic heterocycles. The Balaban J connectivity index is 1.77. The van der Waals surface area contributed by atoms with E-state index in [2.05, 4.69) is 36.4 Å². The zero-order valence-corrected chi connectivity index (χ0v) is 17.3. The van der Waals surface area contributed by atoms with E-state index < -0.39 is 0 Å². The Morgan fingerprint density at radius 3 is 2.34 bits per heavy atom. The van der Waals surface area contributed by atoms with Crippen LogP contribution in [-0.4, -0.2) is 15.8 Å². The van der Waals surface area contributed by atoms with Crippen molar-refractivity contribution in [2.75, 3.05) is 10.6 Å². The van der Waals surface area contributed by atoms with Crippen LogP contribution in [0.25, 0.3) is 0 Å². The number of aromatic nitrogens is 2. The van der Waals surface area contributed by atoms with Gasteiger partial charge in [0.1, 0.15) is 5.82 Å². The summed E-state index contributed by atoms with van der Waals surface area (Å²) in [7, 11) is 0. The molecule has 0 fully saturated rings. The molecule has 0 aliphatic heterocycles. The Bertz CT molecular complexity index is 1070. The topological polar surface area (TPSA) is 66.9 Å². The van der Waals surface area contributed by atoms with Crippen LogP contribution in [0.4, 0.5) is 23.1 Å². The smallest absolute Gasteiger partial charge is 0.229 e. The van der Waals surface area contributed by atoms with E-state index in [0.29, 0.717) is 23.8 Å². The molecule has 5 heteroatoms. The number of benzene rings is 2. The summed E-state index contributed by atoms with van der Waals surface area (Å²) >= 11 is 0. The van der Waals surface area contributed by atoms with Crippen molar-refractivity contribution in [3.63, 3.8) is 0 Å². The fourth-order valence-corrected chi connectivity index (χ4v) is 3.74. The average Bonchev–Trinajstić information content (AvgIpc) is 2.62. The lowest BCUT2D eigenvalue weighted by Crippen LogP contribution is -2.29. The van der Waals surface area contributed by atoms with E-state index in [1.165, 1.54) is 5.56 Å². The van der Waals surface area contributed by atoms with Gasteiger partial charge in [0.2, 0.25) is 5.95 Å². The minimum absolute atomic E-state index is 0.0910. The third-order valence-electron chi connectivity index (χ3n) is 5.14. The second-order valence-electron chi connectivity index (χ2n) is 8.64. The molecule has 0 unspecified atom stereocenters. The largest absolute Gasteiger partial charge is 0.339 e. The number of rotatable bonds is 4. The Morgan fingerprint density at radius 1 is 0.862 bits per heavy atom. The van der Waals surface area contributed by atoms with E-state index in [-0.39, 0.29) is 11.2 Å². The lowest BCUT2D eigenvalue weighted by atomic mass is 9.75. The molecule has 0 spiro atoms. The van der Waals surface area contributed by atoms with Crippen LogP contribution >= 0.6 is 0 Å². The number of carbonyl (C=O) groups is 1. The second kappa shape index (κ2) is 7.32. The number of nitrogens with zero attached hydrogens (tertiary/aromatic N) is 2. The van der Waals surface area contributed by atoms with Gasteiger partial charge in [-0.25, -0.2) is 4.98 Å². The molecule has 0 saturated carbocycles. The standard InChI is InChI=1S/C24H26N4O/c1-15-8-10-17(11-9-15)26-23-27-19-13-24(3,4)14-20(29)21(19)22(28-23)25-18-7-5-6-16(2)12-18/h5-12H,13-14H2,1-4H3,(H2,25,26,27,28). The third-order valence-corrected chi connectivity index (χ3v) is 5.14. The Labute approximate surface area is 171 Å². The van der Waals surface area contributed by atoms with Gasteiger partial charge < -0.3 is 10.6 Å². The van der Waals surface area contributed by atoms with Crippen LogP contribution in [0.3, 0.4) is 0 Å². The fourth-order valence-electron chi connectivity index (χ4n) is 3.74. The number of nitrogens with one attached hydrogen (secondary N) is 2. The molecule has 0 saturated heterocycles. The summed E-state index contributed by atoms with van der Waals surface area (Å²) in [6.45, 7) is 8.31. The van der Waals surface area contributed by atoms with Gasteiger partial charge in [-0.3, -0.25) is 4.79 Å². The minimum atomic E-state index is -0.111. The summed E-state index contributed by atoms with van der Waals surface area (Å²) in [6, 6.07) is 16.1. The van der Waals surface area contributed by atoms with Crippen molar-refractivity contribution in [1.29, 1.82) is 0 Å². The van der Waals surface area contributed by atoms with Crippen molar-refractivity contribution in [3.8, 4) is 0 Å². The molecular formula is C24H26N4O. The normalized spacial score (nSPS) is 15.0. The van der Waals surface area contributed by atoms with Gasteiger partial charge >= 0.3 is 0 Å². The van der Waals surface area contributed by atoms with Crippen molar-refractivity contribution in [2.24, 2.45) is 5.41 Å². The molecule has 1 heterocycles. The number of hydrogen-bond donors (Lipinski definition) is 2. The highest BCUT2D eigenvalue weighted by Crippen LogP contribution is 2.37. The van der Waals surface area contributed by atoms with Crippen molar-refractivity contribution in [3.05, 3.63) is 70.9 Å². The van der Waals surface area contributed by atoms with Crippen LogP contribution in [-0.2, 0) is 6.42 Å².